The van der Waals surface area contributed by atoms with Crippen molar-refractivity contribution < 1.29 is 9.53 Å². The zero-order valence-corrected chi connectivity index (χ0v) is 13.3. The number of hydrogen-bond acceptors (Lipinski definition) is 3. The van der Waals surface area contributed by atoms with Gasteiger partial charge in [-0.05, 0) is 56.5 Å². The van der Waals surface area contributed by atoms with Gasteiger partial charge in [-0.15, -0.1) is 0 Å². The van der Waals surface area contributed by atoms with Crippen LogP contribution in [-0.4, -0.2) is 23.5 Å². The predicted molar refractivity (Wildman–Crippen MR) is 87.1 cm³/mol. The van der Waals surface area contributed by atoms with Crippen molar-refractivity contribution in [3.05, 3.63) is 59.9 Å². The maximum Gasteiger partial charge on any atom is 0.270 e. The zero-order valence-electron chi connectivity index (χ0n) is 13.3. The van der Waals surface area contributed by atoms with Crippen molar-refractivity contribution >= 4 is 5.91 Å². The molecule has 0 aliphatic rings. The molecule has 4 nitrogen and oxygen atoms in total. The predicted octanol–water partition coefficient (Wildman–Crippen LogP) is 3.23. The Kier molecular flexibility index (Phi) is 5.15. The Bertz CT molecular complexity index is 607. The minimum Gasteiger partial charge on any atom is -0.497 e. The summed E-state index contributed by atoms with van der Waals surface area (Å²) in [4.78, 5) is 16.2. The summed E-state index contributed by atoms with van der Waals surface area (Å²) in [6.07, 6.45) is 3.36. The lowest BCUT2D eigenvalue weighted by Gasteiger charge is -2.26. The third-order valence-corrected chi connectivity index (χ3v) is 3.55. The fourth-order valence-corrected chi connectivity index (χ4v) is 2.18. The second-order valence-corrected chi connectivity index (χ2v) is 5.90. The maximum atomic E-state index is 12.2. The number of rotatable bonds is 6. The summed E-state index contributed by atoms with van der Waals surface area (Å²) in [6, 6.07) is 13.3. The van der Waals surface area contributed by atoms with E-state index >= 15 is 0 Å². The van der Waals surface area contributed by atoms with Crippen LogP contribution in [0.2, 0.25) is 0 Å². The molecule has 0 radical (unpaired) electrons. The number of amides is 1. The summed E-state index contributed by atoms with van der Waals surface area (Å²) in [5.74, 6) is 0.715. The molecule has 0 aliphatic carbocycles. The number of methoxy groups -OCH3 is 1. The third kappa shape index (κ3) is 4.58. The molecule has 2 rings (SSSR count). The number of nitrogens with zero attached hydrogens (tertiary/aromatic N) is 1. The van der Waals surface area contributed by atoms with E-state index < -0.39 is 0 Å². The van der Waals surface area contributed by atoms with E-state index in [9.17, 15) is 4.79 Å². The first-order chi connectivity index (χ1) is 10.5. The molecular formula is C18H22N2O2. The van der Waals surface area contributed by atoms with Crippen LogP contribution < -0.4 is 10.1 Å². The molecule has 0 atom stereocenters. The highest BCUT2D eigenvalue weighted by Crippen LogP contribution is 2.17. The van der Waals surface area contributed by atoms with Crippen LogP contribution in [0.15, 0.2) is 48.7 Å². The molecule has 0 fully saturated rings. The molecule has 116 valence electrons. The van der Waals surface area contributed by atoms with E-state index in [0.29, 0.717) is 5.69 Å². The van der Waals surface area contributed by atoms with Crippen molar-refractivity contribution in [1.29, 1.82) is 0 Å². The number of ether oxygens (including phenoxy) is 1. The summed E-state index contributed by atoms with van der Waals surface area (Å²) in [7, 11) is 1.66. The Morgan fingerprint density at radius 1 is 1.18 bits per heavy atom. The van der Waals surface area contributed by atoms with Gasteiger partial charge in [0.1, 0.15) is 11.4 Å². The Morgan fingerprint density at radius 2 is 1.91 bits per heavy atom. The minimum absolute atomic E-state index is 0.139. The van der Waals surface area contributed by atoms with E-state index in [1.807, 2.05) is 32.0 Å². The van der Waals surface area contributed by atoms with E-state index in [0.717, 1.165) is 18.6 Å². The van der Waals surface area contributed by atoms with Crippen molar-refractivity contribution in [2.75, 3.05) is 7.11 Å². The molecule has 0 unspecified atom stereocenters. The molecule has 22 heavy (non-hydrogen) atoms. The smallest absolute Gasteiger partial charge is 0.270 e. The van der Waals surface area contributed by atoms with E-state index in [1.54, 1.807) is 25.4 Å². The minimum atomic E-state index is -0.297. The van der Waals surface area contributed by atoms with Gasteiger partial charge in [-0.3, -0.25) is 9.78 Å². The molecule has 0 saturated heterocycles. The molecule has 1 aromatic heterocycles. The van der Waals surface area contributed by atoms with Crippen LogP contribution in [0.3, 0.4) is 0 Å². The van der Waals surface area contributed by atoms with Gasteiger partial charge in [-0.2, -0.15) is 0 Å². The number of carbonyl (C=O) groups is 1. The molecule has 0 aliphatic heterocycles. The van der Waals surface area contributed by atoms with Crippen LogP contribution in [0.4, 0.5) is 0 Å². The highest BCUT2D eigenvalue weighted by molar-refractivity contribution is 5.92. The molecule has 1 N–H and O–H groups in total. The normalized spacial score (nSPS) is 11.0. The summed E-state index contributed by atoms with van der Waals surface area (Å²) >= 11 is 0. The lowest BCUT2D eigenvalue weighted by molar-refractivity contribution is 0.0904. The van der Waals surface area contributed by atoms with Gasteiger partial charge in [0.15, 0.2) is 0 Å². The van der Waals surface area contributed by atoms with Gasteiger partial charge in [0.05, 0.1) is 7.11 Å². The molecule has 1 amide bonds. The van der Waals surface area contributed by atoms with Gasteiger partial charge in [0, 0.05) is 11.7 Å². The van der Waals surface area contributed by atoms with Gasteiger partial charge >= 0.3 is 0 Å². The molecule has 1 heterocycles. The first kappa shape index (κ1) is 16.0. The molecule has 1 aromatic carbocycles. The van der Waals surface area contributed by atoms with Gasteiger partial charge in [0.2, 0.25) is 0 Å². The van der Waals surface area contributed by atoms with E-state index in [-0.39, 0.29) is 11.4 Å². The molecule has 4 heteroatoms. The van der Waals surface area contributed by atoms with E-state index in [1.165, 1.54) is 5.56 Å². The summed E-state index contributed by atoms with van der Waals surface area (Å²) in [5.41, 5.74) is 1.37. The summed E-state index contributed by atoms with van der Waals surface area (Å²) in [5, 5.41) is 3.04. The Hall–Kier alpha value is -2.36. The van der Waals surface area contributed by atoms with E-state index in [4.69, 9.17) is 4.74 Å². The van der Waals surface area contributed by atoms with Crippen molar-refractivity contribution in [2.24, 2.45) is 0 Å². The number of hydrogen-bond donors (Lipinski definition) is 1. The largest absolute Gasteiger partial charge is 0.497 e. The Balaban J connectivity index is 1.91. The van der Waals surface area contributed by atoms with Gasteiger partial charge in [-0.1, -0.05) is 18.2 Å². The van der Waals surface area contributed by atoms with Crippen LogP contribution >= 0.6 is 0 Å². The molecule has 0 bridgehead atoms. The SMILES string of the molecule is COc1ccc(CCC(C)(C)NC(=O)c2ccccn2)cc1. The number of aryl methyl sites for hydroxylation is 1. The maximum absolute atomic E-state index is 12.2. The van der Waals surface area contributed by atoms with Gasteiger partial charge in [0.25, 0.3) is 5.91 Å². The van der Waals surface area contributed by atoms with Crippen LogP contribution in [0, 0.1) is 0 Å². The second-order valence-electron chi connectivity index (χ2n) is 5.90. The lowest BCUT2D eigenvalue weighted by atomic mass is 9.95. The van der Waals surface area contributed by atoms with E-state index in [2.05, 4.69) is 22.4 Å². The van der Waals surface area contributed by atoms with Crippen molar-refractivity contribution in [3.8, 4) is 5.75 Å². The second kappa shape index (κ2) is 7.07. The summed E-state index contributed by atoms with van der Waals surface area (Å²) in [6.45, 7) is 4.05. The number of benzene rings is 1. The topological polar surface area (TPSA) is 51.2 Å². The Labute approximate surface area is 131 Å². The van der Waals surface area contributed by atoms with Crippen LogP contribution in [0.25, 0.3) is 0 Å². The Morgan fingerprint density at radius 3 is 2.50 bits per heavy atom. The average Bonchev–Trinajstić information content (AvgIpc) is 2.54. The fraction of sp³-hybridized carbons (Fsp3) is 0.333. The summed E-state index contributed by atoms with van der Waals surface area (Å²) < 4.78 is 5.15. The number of nitrogens with one attached hydrogen (secondary N) is 1. The van der Waals surface area contributed by atoms with Crippen LogP contribution in [0.1, 0.15) is 36.3 Å². The van der Waals surface area contributed by atoms with Crippen molar-refractivity contribution in [3.63, 3.8) is 0 Å². The highest BCUT2D eigenvalue weighted by atomic mass is 16.5. The molecular weight excluding hydrogens is 276 g/mol. The number of carbonyl (C=O) groups excluding carboxylic acids is 1. The van der Waals surface area contributed by atoms with Crippen molar-refractivity contribution in [1.82, 2.24) is 10.3 Å². The van der Waals surface area contributed by atoms with Crippen molar-refractivity contribution in [2.45, 2.75) is 32.2 Å². The molecule has 0 spiro atoms. The highest BCUT2D eigenvalue weighted by Gasteiger charge is 2.21. The quantitative estimate of drug-likeness (QED) is 0.890. The number of pyridine rings is 1. The fourth-order valence-electron chi connectivity index (χ4n) is 2.18. The standard InChI is InChI=1S/C18H22N2O2/c1-18(2,20-17(21)16-6-4-5-13-19-16)12-11-14-7-9-15(22-3)10-8-14/h4-10,13H,11-12H2,1-3H3,(H,20,21). The van der Waals surface area contributed by atoms with Crippen LogP contribution in [-0.2, 0) is 6.42 Å². The molecule has 2 aromatic rings. The third-order valence-electron chi connectivity index (χ3n) is 3.55. The van der Waals surface area contributed by atoms with Gasteiger partial charge in [-0.25, -0.2) is 0 Å². The zero-order chi connectivity index (χ0) is 16.0. The monoisotopic (exact) mass is 298 g/mol. The van der Waals surface area contributed by atoms with Crippen LogP contribution in [0.5, 0.6) is 5.75 Å². The molecule has 0 saturated carbocycles. The average molecular weight is 298 g/mol. The first-order valence-corrected chi connectivity index (χ1v) is 7.37. The first-order valence-electron chi connectivity index (χ1n) is 7.37. The number of aromatic nitrogens is 1. The lowest BCUT2D eigenvalue weighted by Crippen LogP contribution is -2.44. The van der Waals surface area contributed by atoms with Gasteiger partial charge < -0.3 is 10.1 Å².